The van der Waals surface area contributed by atoms with Gasteiger partial charge in [0.15, 0.2) is 5.82 Å². The highest BCUT2D eigenvalue weighted by atomic mass is 16.1. The van der Waals surface area contributed by atoms with Gasteiger partial charge in [-0.05, 0) is 63.4 Å². The first-order chi connectivity index (χ1) is 15.5. The van der Waals surface area contributed by atoms with Crippen molar-refractivity contribution in [3.05, 3.63) is 47.8 Å². The van der Waals surface area contributed by atoms with Gasteiger partial charge in [0.05, 0.1) is 17.1 Å². The summed E-state index contributed by atoms with van der Waals surface area (Å²) in [6, 6.07) is 10.6. The molecule has 1 amide bonds. The molecule has 4 N–H and O–H groups in total. The number of anilines is 2. The van der Waals surface area contributed by atoms with Crippen LogP contribution < -0.4 is 11.1 Å². The standard InChI is InChI=1S/C24H27N7O/c1-14-3-2-8-30(14)13-17-9-16-12-26-22(11-20(16)27-17)28-24(32)15-4-7-19-21(10-15)31(18-5-6-18)29-23(19)25/h4,7,9-12,14,18,27H,2-3,5-6,8,13H2,1H3,(H2,25,29)(H,26,28,32)/t14-/m0/s1. The van der Waals surface area contributed by atoms with E-state index < -0.39 is 0 Å². The third-order valence-corrected chi connectivity index (χ3v) is 6.76. The molecule has 1 aliphatic carbocycles. The van der Waals surface area contributed by atoms with Crippen LogP contribution >= 0.6 is 0 Å². The maximum absolute atomic E-state index is 12.9. The third-order valence-electron chi connectivity index (χ3n) is 6.76. The van der Waals surface area contributed by atoms with E-state index in [0.29, 0.717) is 29.3 Å². The van der Waals surface area contributed by atoms with Gasteiger partial charge in [0.2, 0.25) is 0 Å². The SMILES string of the molecule is C[C@H]1CCCN1Cc1cc2cnc(NC(=O)c3ccc4c(N)nn(C5CC5)c4c3)cc2[nH]1. The zero-order chi connectivity index (χ0) is 21.8. The molecule has 0 unspecified atom stereocenters. The van der Waals surface area contributed by atoms with Crippen molar-refractivity contribution >= 4 is 39.3 Å². The zero-order valence-corrected chi connectivity index (χ0v) is 18.1. The van der Waals surface area contributed by atoms with Crippen LogP contribution in [0.4, 0.5) is 11.6 Å². The van der Waals surface area contributed by atoms with Crippen molar-refractivity contribution in [1.29, 1.82) is 0 Å². The van der Waals surface area contributed by atoms with E-state index in [9.17, 15) is 4.79 Å². The molecule has 0 spiro atoms. The van der Waals surface area contributed by atoms with E-state index in [1.54, 1.807) is 6.07 Å². The molecule has 0 bridgehead atoms. The minimum absolute atomic E-state index is 0.196. The number of amides is 1. The Bertz CT molecular complexity index is 1330. The number of hydrogen-bond donors (Lipinski definition) is 3. The summed E-state index contributed by atoms with van der Waals surface area (Å²) in [5, 5.41) is 9.33. The van der Waals surface area contributed by atoms with Crippen molar-refractivity contribution in [1.82, 2.24) is 24.6 Å². The molecule has 164 valence electrons. The average Bonchev–Trinajstić information content (AvgIpc) is 3.31. The quantitative estimate of drug-likeness (QED) is 0.444. The number of likely N-dealkylation sites (tertiary alicyclic amines) is 1. The molecule has 6 rings (SSSR count). The summed E-state index contributed by atoms with van der Waals surface area (Å²) in [5.74, 6) is 0.844. The number of pyridine rings is 1. The number of nitrogens with zero attached hydrogens (tertiary/aromatic N) is 4. The number of aromatic amines is 1. The van der Waals surface area contributed by atoms with Gasteiger partial charge in [-0.1, -0.05) is 0 Å². The first-order valence-corrected chi connectivity index (χ1v) is 11.4. The average molecular weight is 430 g/mol. The number of aromatic nitrogens is 4. The van der Waals surface area contributed by atoms with Gasteiger partial charge in [0.1, 0.15) is 5.82 Å². The second kappa shape index (κ2) is 7.34. The van der Waals surface area contributed by atoms with Crippen LogP contribution in [-0.4, -0.2) is 43.1 Å². The molecule has 1 aromatic carbocycles. The Balaban J connectivity index is 1.23. The largest absolute Gasteiger partial charge is 0.382 e. The number of nitrogens with one attached hydrogen (secondary N) is 2. The van der Waals surface area contributed by atoms with Crippen LogP contribution in [0, 0.1) is 0 Å². The minimum Gasteiger partial charge on any atom is -0.382 e. The first kappa shape index (κ1) is 19.3. The minimum atomic E-state index is -0.196. The molecule has 1 atom stereocenters. The molecule has 1 aliphatic heterocycles. The van der Waals surface area contributed by atoms with Crippen molar-refractivity contribution < 1.29 is 4.79 Å². The molecule has 2 fully saturated rings. The first-order valence-electron chi connectivity index (χ1n) is 11.4. The summed E-state index contributed by atoms with van der Waals surface area (Å²) >= 11 is 0. The molecule has 1 saturated carbocycles. The van der Waals surface area contributed by atoms with E-state index >= 15 is 0 Å². The highest BCUT2D eigenvalue weighted by Gasteiger charge is 2.27. The summed E-state index contributed by atoms with van der Waals surface area (Å²) in [6.45, 7) is 4.34. The summed E-state index contributed by atoms with van der Waals surface area (Å²) in [4.78, 5) is 23.4. The fourth-order valence-electron chi connectivity index (χ4n) is 4.77. The number of carbonyl (C=O) groups is 1. The molecule has 0 radical (unpaired) electrons. The van der Waals surface area contributed by atoms with E-state index in [2.05, 4.69) is 38.3 Å². The maximum atomic E-state index is 12.9. The molecular formula is C24H27N7O. The van der Waals surface area contributed by atoms with Crippen molar-refractivity contribution in [2.75, 3.05) is 17.6 Å². The molecule has 8 nitrogen and oxygen atoms in total. The number of rotatable bonds is 5. The smallest absolute Gasteiger partial charge is 0.256 e. The number of hydrogen-bond acceptors (Lipinski definition) is 5. The van der Waals surface area contributed by atoms with Crippen LogP contribution in [0.25, 0.3) is 21.8 Å². The van der Waals surface area contributed by atoms with Crippen LogP contribution in [0.2, 0.25) is 0 Å². The Morgan fingerprint density at radius 3 is 2.91 bits per heavy atom. The lowest BCUT2D eigenvalue weighted by atomic mass is 10.1. The number of nitrogen functional groups attached to an aromatic ring is 1. The lowest BCUT2D eigenvalue weighted by Gasteiger charge is -2.19. The van der Waals surface area contributed by atoms with E-state index in [1.165, 1.54) is 18.5 Å². The third kappa shape index (κ3) is 3.40. The predicted molar refractivity (Wildman–Crippen MR) is 126 cm³/mol. The van der Waals surface area contributed by atoms with E-state index in [-0.39, 0.29) is 5.91 Å². The fourth-order valence-corrected chi connectivity index (χ4v) is 4.77. The summed E-state index contributed by atoms with van der Waals surface area (Å²) in [6.07, 6.45) is 6.54. The van der Waals surface area contributed by atoms with E-state index in [1.807, 2.05) is 29.1 Å². The molecule has 2 aliphatic rings. The van der Waals surface area contributed by atoms with Crippen molar-refractivity contribution in [3.63, 3.8) is 0 Å². The predicted octanol–water partition coefficient (Wildman–Crippen LogP) is 4.07. The number of carbonyl (C=O) groups excluding carboxylic acids is 1. The van der Waals surface area contributed by atoms with Crippen LogP contribution in [-0.2, 0) is 6.54 Å². The Labute approximate surface area is 185 Å². The Morgan fingerprint density at radius 1 is 1.25 bits per heavy atom. The van der Waals surface area contributed by atoms with Crippen LogP contribution in [0.1, 0.15) is 54.7 Å². The zero-order valence-electron chi connectivity index (χ0n) is 18.1. The number of benzene rings is 1. The van der Waals surface area contributed by atoms with Gasteiger partial charge < -0.3 is 16.0 Å². The highest BCUT2D eigenvalue weighted by Crippen LogP contribution is 2.38. The molecule has 4 aromatic rings. The summed E-state index contributed by atoms with van der Waals surface area (Å²) in [5.41, 5.74) is 9.69. The molecule has 4 heterocycles. The monoisotopic (exact) mass is 429 g/mol. The molecule has 3 aromatic heterocycles. The van der Waals surface area contributed by atoms with Crippen LogP contribution in [0.15, 0.2) is 36.5 Å². The Morgan fingerprint density at radius 2 is 2.12 bits per heavy atom. The molecule has 32 heavy (non-hydrogen) atoms. The maximum Gasteiger partial charge on any atom is 0.256 e. The lowest BCUT2D eigenvalue weighted by molar-refractivity contribution is 0.102. The van der Waals surface area contributed by atoms with E-state index in [4.69, 9.17) is 5.73 Å². The second-order valence-corrected chi connectivity index (χ2v) is 9.16. The van der Waals surface area contributed by atoms with Gasteiger partial charge in [-0.15, -0.1) is 0 Å². The fraction of sp³-hybridized carbons (Fsp3) is 0.375. The summed E-state index contributed by atoms with van der Waals surface area (Å²) in [7, 11) is 0. The highest BCUT2D eigenvalue weighted by molar-refractivity contribution is 6.07. The van der Waals surface area contributed by atoms with Gasteiger partial charge in [0.25, 0.3) is 5.91 Å². The van der Waals surface area contributed by atoms with Gasteiger partial charge in [0, 0.05) is 46.9 Å². The van der Waals surface area contributed by atoms with Gasteiger partial charge in [-0.25, -0.2) is 4.98 Å². The number of H-pyrrole nitrogens is 1. The van der Waals surface area contributed by atoms with Crippen molar-refractivity contribution in [2.24, 2.45) is 0 Å². The van der Waals surface area contributed by atoms with E-state index in [0.717, 1.165) is 47.7 Å². The molecular weight excluding hydrogens is 402 g/mol. The van der Waals surface area contributed by atoms with Crippen LogP contribution in [0.3, 0.4) is 0 Å². The van der Waals surface area contributed by atoms with Crippen molar-refractivity contribution in [3.8, 4) is 0 Å². The number of fused-ring (bicyclic) bond motifs is 2. The molecule has 8 heteroatoms. The lowest BCUT2D eigenvalue weighted by Crippen LogP contribution is -2.26. The molecule has 1 saturated heterocycles. The Hall–Kier alpha value is -3.39. The summed E-state index contributed by atoms with van der Waals surface area (Å²) < 4.78 is 1.95. The Kier molecular flexibility index (Phi) is 4.43. The topological polar surface area (TPSA) is 105 Å². The van der Waals surface area contributed by atoms with Gasteiger partial charge in [-0.3, -0.25) is 14.4 Å². The van der Waals surface area contributed by atoms with Crippen LogP contribution in [0.5, 0.6) is 0 Å². The van der Waals surface area contributed by atoms with Crippen molar-refractivity contribution in [2.45, 2.75) is 51.2 Å². The van der Waals surface area contributed by atoms with Gasteiger partial charge in [-0.2, -0.15) is 5.10 Å². The number of nitrogens with two attached hydrogens (primary N) is 1. The normalized spacial score (nSPS) is 19.2. The second-order valence-electron chi connectivity index (χ2n) is 9.16. The van der Waals surface area contributed by atoms with Gasteiger partial charge >= 0.3 is 0 Å².